The molecule has 2 aliphatic rings. The predicted molar refractivity (Wildman–Crippen MR) is 66.7 cm³/mol. The van der Waals surface area contributed by atoms with Gasteiger partial charge in [-0.3, -0.25) is 9.59 Å². The first kappa shape index (κ1) is 13.3. The Balaban J connectivity index is 1.86. The molecular formula is C13H22N2O3. The summed E-state index contributed by atoms with van der Waals surface area (Å²) in [6, 6.07) is 0. The Morgan fingerprint density at radius 2 is 2.22 bits per heavy atom. The number of likely N-dealkylation sites (N-methyl/N-ethyl adjacent to an activating group) is 1. The second kappa shape index (κ2) is 5.26. The molecule has 102 valence electrons. The van der Waals surface area contributed by atoms with Crippen molar-refractivity contribution in [3.05, 3.63) is 0 Å². The molecule has 5 nitrogen and oxygen atoms in total. The number of hydrogen-bond donors (Lipinski definition) is 1. The van der Waals surface area contributed by atoms with Gasteiger partial charge in [0, 0.05) is 33.1 Å². The maximum atomic E-state index is 12.1. The van der Waals surface area contributed by atoms with E-state index in [-0.39, 0.29) is 17.7 Å². The molecule has 2 rings (SSSR count). The van der Waals surface area contributed by atoms with Crippen LogP contribution in [0.2, 0.25) is 0 Å². The average molecular weight is 254 g/mol. The SMILES string of the molecule is CC(O)CN(C)C(=O)C1CC(=O)N(CC2CC2)C1. The standard InChI is InChI=1S/C13H22N2O3/c1-9(16)6-14(2)13(18)11-5-12(17)15(8-11)7-10-3-4-10/h9-11,16H,3-8H2,1-2H3. The Kier molecular flexibility index (Phi) is 3.90. The number of aliphatic hydroxyl groups is 1. The van der Waals surface area contributed by atoms with E-state index in [1.165, 1.54) is 17.7 Å². The molecule has 1 aliphatic heterocycles. The maximum Gasteiger partial charge on any atom is 0.227 e. The van der Waals surface area contributed by atoms with E-state index in [0.717, 1.165) is 6.54 Å². The fourth-order valence-electron chi connectivity index (χ4n) is 2.52. The summed E-state index contributed by atoms with van der Waals surface area (Å²) in [5.74, 6) is 0.520. The molecule has 5 heteroatoms. The van der Waals surface area contributed by atoms with Gasteiger partial charge in [-0.2, -0.15) is 0 Å². The smallest absolute Gasteiger partial charge is 0.227 e. The number of hydrogen-bond acceptors (Lipinski definition) is 3. The third kappa shape index (κ3) is 3.22. The lowest BCUT2D eigenvalue weighted by Crippen LogP contribution is -2.38. The first-order valence-corrected chi connectivity index (χ1v) is 6.68. The van der Waals surface area contributed by atoms with Crippen molar-refractivity contribution in [1.82, 2.24) is 9.80 Å². The number of aliphatic hydroxyl groups excluding tert-OH is 1. The number of nitrogens with zero attached hydrogens (tertiary/aromatic N) is 2. The number of carbonyl (C=O) groups is 2. The summed E-state index contributed by atoms with van der Waals surface area (Å²) in [7, 11) is 1.68. The van der Waals surface area contributed by atoms with Crippen LogP contribution in [0.4, 0.5) is 0 Å². The van der Waals surface area contributed by atoms with Crippen LogP contribution in [0, 0.1) is 11.8 Å². The van der Waals surface area contributed by atoms with Crippen LogP contribution in [0.15, 0.2) is 0 Å². The molecule has 0 bridgehead atoms. The number of carbonyl (C=O) groups excluding carboxylic acids is 2. The van der Waals surface area contributed by atoms with E-state index in [0.29, 0.717) is 25.4 Å². The van der Waals surface area contributed by atoms with Crippen molar-refractivity contribution in [1.29, 1.82) is 0 Å². The minimum atomic E-state index is -0.529. The van der Waals surface area contributed by atoms with E-state index < -0.39 is 6.10 Å². The summed E-state index contributed by atoms with van der Waals surface area (Å²) in [5, 5.41) is 9.27. The van der Waals surface area contributed by atoms with Crippen LogP contribution in [-0.2, 0) is 9.59 Å². The molecule has 0 spiro atoms. The van der Waals surface area contributed by atoms with Crippen LogP contribution in [0.3, 0.4) is 0 Å². The molecule has 0 radical (unpaired) electrons. The molecule has 2 atom stereocenters. The third-order valence-electron chi connectivity index (χ3n) is 3.65. The van der Waals surface area contributed by atoms with Gasteiger partial charge in [-0.15, -0.1) is 0 Å². The lowest BCUT2D eigenvalue weighted by molar-refractivity contribution is -0.135. The molecule has 2 unspecified atom stereocenters. The zero-order valence-corrected chi connectivity index (χ0v) is 11.1. The Morgan fingerprint density at radius 3 is 2.78 bits per heavy atom. The van der Waals surface area contributed by atoms with Crippen LogP contribution < -0.4 is 0 Å². The van der Waals surface area contributed by atoms with Crippen molar-refractivity contribution in [3.63, 3.8) is 0 Å². The van der Waals surface area contributed by atoms with Gasteiger partial charge in [-0.1, -0.05) is 0 Å². The molecule has 0 aromatic heterocycles. The van der Waals surface area contributed by atoms with E-state index in [2.05, 4.69) is 0 Å². The van der Waals surface area contributed by atoms with Crippen molar-refractivity contribution in [3.8, 4) is 0 Å². The first-order chi connectivity index (χ1) is 8.47. The highest BCUT2D eigenvalue weighted by molar-refractivity contribution is 5.89. The van der Waals surface area contributed by atoms with Crippen molar-refractivity contribution in [2.24, 2.45) is 11.8 Å². The van der Waals surface area contributed by atoms with Crippen molar-refractivity contribution < 1.29 is 14.7 Å². The maximum absolute atomic E-state index is 12.1. The van der Waals surface area contributed by atoms with Gasteiger partial charge in [-0.25, -0.2) is 0 Å². The number of rotatable bonds is 5. The van der Waals surface area contributed by atoms with Gasteiger partial charge >= 0.3 is 0 Å². The fourth-order valence-corrected chi connectivity index (χ4v) is 2.52. The second-order valence-electron chi connectivity index (χ2n) is 5.71. The topological polar surface area (TPSA) is 60.9 Å². The molecule has 0 aromatic carbocycles. The van der Waals surface area contributed by atoms with Crippen molar-refractivity contribution >= 4 is 11.8 Å². The minimum Gasteiger partial charge on any atom is -0.392 e. The quantitative estimate of drug-likeness (QED) is 0.756. The van der Waals surface area contributed by atoms with Crippen LogP contribution in [0.1, 0.15) is 26.2 Å². The minimum absolute atomic E-state index is 0.0254. The lowest BCUT2D eigenvalue weighted by Gasteiger charge is -2.22. The highest BCUT2D eigenvalue weighted by Crippen LogP contribution is 2.32. The summed E-state index contributed by atoms with van der Waals surface area (Å²) in [4.78, 5) is 27.3. The van der Waals surface area contributed by atoms with Crippen LogP contribution in [0.5, 0.6) is 0 Å². The van der Waals surface area contributed by atoms with E-state index in [1.54, 1.807) is 14.0 Å². The van der Waals surface area contributed by atoms with E-state index in [9.17, 15) is 14.7 Å². The Hall–Kier alpha value is -1.10. The second-order valence-corrected chi connectivity index (χ2v) is 5.71. The summed E-state index contributed by atoms with van der Waals surface area (Å²) in [5.41, 5.74) is 0. The van der Waals surface area contributed by atoms with E-state index in [4.69, 9.17) is 0 Å². The van der Waals surface area contributed by atoms with Crippen molar-refractivity contribution in [2.75, 3.05) is 26.7 Å². The largest absolute Gasteiger partial charge is 0.392 e. The van der Waals surface area contributed by atoms with Gasteiger partial charge < -0.3 is 14.9 Å². The highest BCUT2D eigenvalue weighted by Gasteiger charge is 2.38. The summed E-state index contributed by atoms with van der Waals surface area (Å²) < 4.78 is 0. The number of likely N-dealkylation sites (tertiary alicyclic amines) is 1. The molecule has 1 heterocycles. The normalized spacial score (nSPS) is 25.4. The Bertz CT molecular complexity index is 339. The zero-order valence-electron chi connectivity index (χ0n) is 11.1. The van der Waals surface area contributed by atoms with E-state index in [1.807, 2.05) is 4.90 Å². The molecular weight excluding hydrogens is 232 g/mol. The van der Waals surface area contributed by atoms with Gasteiger partial charge in [0.1, 0.15) is 0 Å². The zero-order chi connectivity index (χ0) is 13.3. The average Bonchev–Trinajstić information content (AvgIpc) is 3.01. The van der Waals surface area contributed by atoms with Gasteiger partial charge in [0.05, 0.1) is 12.0 Å². The third-order valence-corrected chi connectivity index (χ3v) is 3.65. The molecule has 0 aromatic rings. The molecule has 2 fully saturated rings. The van der Waals surface area contributed by atoms with Crippen LogP contribution in [-0.4, -0.2) is 59.5 Å². The molecule has 1 saturated heterocycles. The van der Waals surface area contributed by atoms with Crippen LogP contribution in [0.25, 0.3) is 0 Å². The molecule has 18 heavy (non-hydrogen) atoms. The molecule has 1 saturated carbocycles. The first-order valence-electron chi connectivity index (χ1n) is 6.68. The monoisotopic (exact) mass is 254 g/mol. The highest BCUT2D eigenvalue weighted by atomic mass is 16.3. The Labute approximate surface area is 108 Å². The van der Waals surface area contributed by atoms with Gasteiger partial charge in [0.15, 0.2) is 0 Å². The fraction of sp³-hybridized carbons (Fsp3) is 0.846. The predicted octanol–water partition coefficient (Wildman–Crippen LogP) is 0.0841. The Morgan fingerprint density at radius 1 is 1.56 bits per heavy atom. The number of amides is 2. The van der Waals surface area contributed by atoms with Gasteiger partial charge in [0.25, 0.3) is 0 Å². The molecule has 1 aliphatic carbocycles. The van der Waals surface area contributed by atoms with Crippen LogP contribution >= 0.6 is 0 Å². The molecule has 1 N–H and O–H groups in total. The lowest BCUT2D eigenvalue weighted by atomic mass is 10.1. The van der Waals surface area contributed by atoms with Gasteiger partial charge in [-0.05, 0) is 25.7 Å². The van der Waals surface area contributed by atoms with Gasteiger partial charge in [0.2, 0.25) is 11.8 Å². The van der Waals surface area contributed by atoms with Crippen molar-refractivity contribution in [2.45, 2.75) is 32.3 Å². The van der Waals surface area contributed by atoms with E-state index >= 15 is 0 Å². The molecule has 2 amide bonds. The summed E-state index contributed by atoms with van der Waals surface area (Å²) in [6.07, 6.45) is 2.23. The summed E-state index contributed by atoms with van der Waals surface area (Å²) >= 11 is 0. The summed E-state index contributed by atoms with van der Waals surface area (Å²) in [6.45, 7) is 3.36.